The lowest BCUT2D eigenvalue weighted by atomic mass is 10.2. The van der Waals surface area contributed by atoms with Crippen LogP contribution < -0.4 is 11.0 Å². The molecule has 0 radical (unpaired) electrons. The predicted octanol–water partition coefficient (Wildman–Crippen LogP) is 3.23. The standard InChI is InChI=1S/C14H14S.C4H8N2O3/c1-3-7-13(8-4-1)11-15-12-14-9-5-2-6-10-14;1-3(7)5-9-6-4(2)8/h1-10H,11-12H2;1-2H3,(H,5,7)(H,6,8). The van der Waals surface area contributed by atoms with E-state index in [1.165, 1.54) is 25.0 Å². The number of rotatable bonds is 6. The Morgan fingerprint density at radius 2 is 1.17 bits per heavy atom. The largest absolute Gasteiger partial charge is 0.273 e. The fourth-order valence-electron chi connectivity index (χ4n) is 1.60. The molecule has 0 fully saturated rings. The predicted molar refractivity (Wildman–Crippen MR) is 96.6 cm³/mol. The third-order valence-electron chi connectivity index (χ3n) is 2.61. The Labute approximate surface area is 146 Å². The van der Waals surface area contributed by atoms with Crippen LogP contribution in [0.2, 0.25) is 0 Å². The molecule has 0 spiro atoms. The van der Waals surface area contributed by atoms with Crippen LogP contribution in [0, 0.1) is 0 Å². The molecule has 128 valence electrons. The van der Waals surface area contributed by atoms with E-state index in [9.17, 15) is 9.59 Å². The molecule has 6 heteroatoms. The van der Waals surface area contributed by atoms with Gasteiger partial charge in [0.2, 0.25) is 11.8 Å². The van der Waals surface area contributed by atoms with Crippen LogP contribution in [0.4, 0.5) is 0 Å². The number of hydrogen-bond acceptors (Lipinski definition) is 4. The molecule has 0 heterocycles. The smallest absolute Gasteiger partial charge is 0.242 e. The molecule has 2 aromatic carbocycles. The van der Waals surface area contributed by atoms with Crippen molar-refractivity contribution in [2.75, 3.05) is 0 Å². The summed E-state index contributed by atoms with van der Waals surface area (Å²) in [5.74, 6) is 1.44. The molecule has 0 aliphatic carbocycles. The van der Waals surface area contributed by atoms with Gasteiger partial charge in [0.15, 0.2) is 0 Å². The van der Waals surface area contributed by atoms with Crippen molar-refractivity contribution in [3.63, 3.8) is 0 Å². The van der Waals surface area contributed by atoms with E-state index < -0.39 is 0 Å². The first-order valence-corrected chi connectivity index (χ1v) is 8.58. The highest BCUT2D eigenvalue weighted by Gasteiger charge is 1.94. The number of thioether (sulfide) groups is 1. The molecular weight excluding hydrogens is 324 g/mol. The van der Waals surface area contributed by atoms with Crippen LogP contribution in [0.25, 0.3) is 0 Å². The molecule has 0 bridgehead atoms. The molecule has 0 unspecified atom stereocenters. The summed E-state index contributed by atoms with van der Waals surface area (Å²) in [6.07, 6.45) is 0. The van der Waals surface area contributed by atoms with Gasteiger partial charge < -0.3 is 0 Å². The van der Waals surface area contributed by atoms with Crippen LogP contribution in [-0.4, -0.2) is 11.8 Å². The molecule has 2 amide bonds. The van der Waals surface area contributed by atoms with Gasteiger partial charge in [-0.3, -0.25) is 9.59 Å². The van der Waals surface area contributed by atoms with E-state index in [4.69, 9.17) is 0 Å². The lowest BCUT2D eigenvalue weighted by Crippen LogP contribution is -2.31. The number of hydrogen-bond donors (Lipinski definition) is 2. The molecule has 0 aliphatic rings. The molecule has 2 aromatic rings. The average Bonchev–Trinajstić information content (AvgIpc) is 2.57. The highest BCUT2D eigenvalue weighted by Crippen LogP contribution is 2.17. The van der Waals surface area contributed by atoms with Crippen molar-refractivity contribution in [1.29, 1.82) is 0 Å². The molecule has 0 atom stereocenters. The summed E-state index contributed by atoms with van der Waals surface area (Å²) in [6, 6.07) is 21.2. The second kappa shape index (κ2) is 12.2. The monoisotopic (exact) mass is 346 g/mol. The Balaban J connectivity index is 0.000000277. The SMILES string of the molecule is CC(=O)NONC(C)=O.c1ccc(CSCc2ccccc2)cc1. The van der Waals surface area contributed by atoms with Crippen molar-refractivity contribution >= 4 is 23.6 Å². The molecule has 0 saturated carbocycles. The zero-order valence-corrected chi connectivity index (χ0v) is 14.6. The zero-order chi connectivity index (χ0) is 17.6. The molecule has 0 aromatic heterocycles. The summed E-state index contributed by atoms with van der Waals surface area (Å²) >= 11 is 1.96. The fourth-order valence-corrected chi connectivity index (χ4v) is 2.56. The van der Waals surface area contributed by atoms with Crippen molar-refractivity contribution < 1.29 is 14.5 Å². The van der Waals surface area contributed by atoms with Crippen LogP contribution in [0.3, 0.4) is 0 Å². The third-order valence-corrected chi connectivity index (χ3v) is 3.69. The van der Waals surface area contributed by atoms with Gasteiger partial charge in [-0.25, -0.2) is 11.0 Å². The number of benzene rings is 2. The third kappa shape index (κ3) is 10.4. The maximum absolute atomic E-state index is 10.0. The fraction of sp³-hybridized carbons (Fsp3) is 0.222. The Morgan fingerprint density at radius 1 is 0.792 bits per heavy atom. The Bertz CT molecular complexity index is 553. The Morgan fingerprint density at radius 3 is 1.50 bits per heavy atom. The van der Waals surface area contributed by atoms with E-state index in [2.05, 4.69) is 65.6 Å². The van der Waals surface area contributed by atoms with Gasteiger partial charge in [-0.05, 0) is 11.1 Å². The van der Waals surface area contributed by atoms with E-state index in [0.29, 0.717) is 0 Å². The highest BCUT2D eigenvalue weighted by molar-refractivity contribution is 7.97. The zero-order valence-electron chi connectivity index (χ0n) is 13.8. The van der Waals surface area contributed by atoms with Gasteiger partial charge in [-0.1, -0.05) is 60.7 Å². The minimum atomic E-state index is -0.372. The van der Waals surface area contributed by atoms with E-state index in [0.717, 1.165) is 11.5 Å². The normalized spacial score (nSPS) is 9.42. The molecule has 5 nitrogen and oxygen atoms in total. The first-order chi connectivity index (χ1) is 11.6. The number of amides is 2. The molecule has 2 rings (SSSR count). The number of nitrogens with one attached hydrogen (secondary N) is 2. The van der Waals surface area contributed by atoms with Gasteiger partial charge in [0.25, 0.3) is 0 Å². The van der Waals surface area contributed by atoms with E-state index >= 15 is 0 Å². The summed E-state index contributed by atoms with van der Waals surface area (Å²) < 4.78 is 0. The Kier molecular flexibility index (Phi) is 9.99. The minimum absolute atomic E-state index is 0.372. The highest BCUT2D eigenvalue weighted by atomic mass is 32.2. The summed E-state index contributed by atoms with van der Waals surface area (Å²) in [5.41, 5.74) is 6.61. The van der Waals surface area contributed by atoms with Gasteiger partial charge in [0, 0.05) is 25.4 Å². The molecule has 2 N–H and O–H groups in total. The molecule has 0 aliphatic heterocycles. The number of hydroxylamine groups is 2. The van der Waals surface area contributed by atoms with E-state index in [-0.39, 0.29) is 11.8 Å². The molecule has 0 saturated heterocycles. The van der Waals surface area contributed by atoms with Gasteiger partial charge in [0.05, 0.1) is 0 Å². The summed E-state index contributed by atoms with van der Waals surface area (Å²) in [5, 5.41) is 0. The summed E-state index contributed by atoms with van der Waals surface area (Å²) in [4.78, 5) is 24.2. The van der Waals surface area contributed by atoms with Crippen molar-refractivity contribution in [2.24, 2.45) is 0 Å². The van der Waals surface area contributed by atoms with E-state index in [1.54, 1.807) is 0 Å². The van der Waals surface area contributed by atoms with Crippen molar-refractivity contribution in [2.45, 2.75) is 25.4 Å². The first-order valence-electron chi connectivity index (χ1n) is 7.42. The number of carbonyl (C=O) groups is 2. The lowest BCUT2D eigenvalue weighted by molar-refractivity contribution is -0.148. The number of carbonyl (C=O) groups excluding carboxylic acids is 2. The van der Waals surface area contributed by atoms with Gasteiger partial charge in [0.1, 0.15) is 0 Å². The lowest BCUT2D eigenvalue weighted by Gasteiger charge is -2.01. The van der Waals surface area contributed by atoms with Crippen LogP contribution >= 0.6 is 11.8 Å². The second-order valence-corrected chi connectivity index (χ2v) is 5.87. The van der Waals surface area contributed by atoms with E-state index in [1.807, 2.05) is 22.7 Å². The maximum atomic E-state index is 10.0. The van der Waals surface area contributed by atoms with Crippen molar-refractivity contribution in [3.8, 4) is 0 Å². The second-order valence-electron chi connectivity index (χ2n) is 4.88. The molecule has 24 heavy (non-hydrogen) atoms. The molecular formula is C18H22N2O3S. The van der Waals surface area contributed by atoms with Gasteiger partial charge >= 0.3 is 0 Å². The van der Waals surface area contributed by atoms with Crippen LogP contribution in [-0.2, 0) is 26.0 Å². The van der Waals surface area contributed by atoms with Crippen LogP contribution in [0.1, 0.15) is 25.0 Å². The van der Waals surface area contributed by atoms with Crippen LogP contribution in [0.5, 0.6) is 0 Å². The van der Waals surface area contributed by atoms with Gasteiger partial charge in [-0.15, -0.1) is 0 Å². The van der Waals surface area contributed by atoms with Crippen molar-refractivity contribution in [3.05, 3.63) is 71.8 Å². The topological polar surface area (TPSA) is 67.4 Å². The average molecular weight is 346 g/mol. The van der Waals surface area contributed by atoms with Gasteiger partial charge in [-0.2, -0.15) is 16.7 Å². The maximum Gasteiger partial charge on any atom is 0.242 e. The van der Waals surface area contributed by atoms with Crippen molar-refractivity contribution in [1.82, 2.24) is 11.0 Å². The van der Waals surface area contributed by atoms with Crippen LogP contribution in [0.15, 0.2) is 60.7 Å². The summed E-state index contributed by atoms with van der Waals surface area (Å²) in [7, 11) is 0. The summed E-state index contributed by atoms with van der Waals surface area (Å²) in [6.45, 7) is 2.53. The minimum Gasteiger partial charge on any atom is -0.273 e. The first kappa shape index (κ1) is 19.7. The quantitative estimate of drug-likeness (QED) is 0.788. The Hall–Kier alpha value is -2.31.